The number of nitrogens with one attached hydrogen (secondary N) is 1. The first-order valence-corrected chi connectivity index (χ1v) is 10.1. The molecule has 154 valence electrons. The number of amides is 1. The number of para-hydroxylation sites is 1. The molecule has 6 nitrogen and oxygen atoms in total. The van der Waals surface area contributed by atoms with Crippen LogP contribution in [0.5, 0.6) is 11.6 Å². The predicted octanol–water partition coefficient (Wildman–Crippen LogP) is 5.80. The van der Waals surface area contributed by atoms with Crippen molar-refractivity contribution in [3.05, 3.63) is 95.5 Å². The van der Waals surface area contributed by atoms with Crippen molar-refractivity contribution in [2.75, 3.05) is 5.32 Å². The average Bonchev–Trinajstić information content (AvgIpc) is 2.81. The van der Waals surface area contributed by atoms with E-state index in [4.69, 9.17) is 16.3 Å². The highest BCUT2D eigenvalue weighted by atomic mass is 35.5. The highest BCUT2D eigenvalue weighted by Crippen LogP contribution is 2.34. The lowest BCUT2D eigenvalue weighted by molar-refractivity contribution is 0.102. The van der Waals surface area contributed by atoms with Gasteiger partial charge in [0.1, 0.15) is 11.6 Å². The SMILES string of the molecule is CCc1nccc(-c2cccnc2Oc2cc(C(=O)Nc3ccccc3)ccc2Cl)n1. The summed E-state index contributed by atoms with van der Waals surface area (Å²) >= 11 is 6.35. The summed E-state index contributed by atoms with van der Waals surface area (Å²) in [6.45, 7) is 1.99. The number of pyridine rings is 1. The van der Waals surface area contributed by atoms with E-state index in [0.29, 0.717) is 45.6 Å². The van der Waals surface area contributed by atoms with Gasteiger partial charge in [-0.05, 0) is 48.5 Å². The van der Waals surface area contributed by atoms with Crippen molar-refractivity contribution < 1.29 is 9.53 Å². The lowest BCUT2D eigenvalue weighted by Crippen LogP contribution is -2.11. The molecule has 0 radical (unpaired) electrons. The molecule has 0 fully saturated rings. The van der Waals surface area contributed by atoms with Gasteiger partial charge in [0.15, 0.2) is 0 Å². The number of rotatable bonds is 6. The minimum atomic E-state index is -0.266. The number of hydrogen-bond acceptors (Lipinski definition) is 5. The predicted molar refractivity (Wildman–Crippen MR) is 121 cm³/mol. The van der Waals surface area contributed by atoms with Crippen molar-refractivity contribution in [1.29, 1.82) is 0 Å². The molecule has 0 bridgehead atoms. The normalized spacial score (nSPS) is 10.5. The number of halogens is 1. The molecule has 0 saturated carbocycles. The second-order valence-corrected chi connectivity index (χ2v) is 7.04. The van der Waals surface area contributed by atoms with Crippen molar-refractivity contribution in [3.63, 3.8) is 0 Å². The van der Waals surface area contributed by atoms with Crippen LogP contribution in [0.1, 0.15) is 23.1 Å². The number of anilines is 1. The topological polar surface area (TPSA) is 77.0 Å². The van der Waals surface area contributed by atoms with Gasteiger partial charge >= 0.3 is 0 Å². The number of carbonyl (C=O) groups excluding carboxylic acids is 1. The molecule has 0 atom stereocenters. The number of carbonyl (C=O) groups is 1. The number of ether oxygens (including phenoxy) is 1. The molecule has 0 aliphatic carbocycles. The summed E-state index contributed by atoms with van der Waals surface area (Å²) in [6.07, 6.45) is 4.05. The molecule has 0 spiro atoms. The minimum absolute atomic E-state index is 0.266. The van der Waals surface area contributed by atoms with Crippen LogP contribution in [0.2, 0.25) is 5.02 Å². The molecule has 0 unspecified atom stereocenters. The van der Waals surface area contributed by atoms with Gasteiger partial charge < -0.3 is 10.1 Å². The molecule has 0 aliphatic heterocycles. The molecule has 1 amide bonds. The van der Waals surface area contributed by atoms with E-state index in [9.17, 15) is 4.79 Å². The zero-order valence-electron chi connectivity index (χ0n) is 16.7. The number of aromatic nitrogens is 3. The molecule has 2 heterocycles. The van der Waals surface area contributed by atoms with Gasteiger partial charge in [0, 0.05) is 30.1 Å². The second kappa shape index (κ2) is 9.36. The zero-order valence-corrected chi connectivity index (χ0v) is 17.5. The molecular formula is C24H19ClN4O2. The van der Waals surface area contributed by atoms with Crippen molar-refractivity contribution in [2.24, 2.45) is 0 Å². The summed E-state index contributed by atoms with van der Waals surface area (Å²) in [5, 5.41) is 3.21. The van der Waals surface area contributed by atoms with Crippen LogP contribution in [-0.4, -0.2) is 20.9 Å². The Balaban J connectivity index is 1.63. The van der Waals surface area contributed by atoms with Crippen LogP contribution in [0.4, 0.5) is 5.69 Å². The van der Waals surface area contributed by atoms with Crippen LogP contribution in [0, 0.1) is 0 Å². The van der Waals surface area contributed by atoms with E-state index >= 15 is 0 Å². The summed E-state index contributed by atoms with van der Waals surface area (Å²) in [4.78, 5) is 25.8. The Hall–Kier alpha value is -3.77. The van der Waals surface area contributed by atoms with Crippen molar-refractivity contribution in [2.45, 2.75) is 13.3 Å². The van der Waals surface area contributed by atoms with Gasteiger partial charge in [-0.1, -0.05) is 36.7 Å². The van der Waals surface area contributed by atoms with Crippen molar-refractivity contribution in [3.8, 4) is 22.9 Å². The van der Waals surface area contributed by atoms with E-state index in [1.165, 1.54) is 0 Å². The van der Waals surface area contributed by atoms with Crippen LogP contribution in [0.25, 0.3) is 11.3 Å². The van der Waals surface area contributed by atoms with Crippen LogP contribution in [0.15, 0.2) is 79.1 Å². The highest BCUT2D eigenvalue weighted by molar-refractivity contribution is 6.32. The third-order valence-electron chi connectivity index (χ3n) is 4.50. The van der Waals surface area contributed by atoms with Crippen LogP contribution >= 0.6 is 11.6 Å². The first kappa shape index (κ1) is 20.5. The lowest BCUT2D eigenvalue weighted by atomic mass is 10.1. The van der Waals surface area contributed by atoms with Gasteiger partial charge in [-0.15, -0.1) is 0 Å². The molecule has 4 aromatic rings. The van der Waals surface area contributed by atoms with Gasteiger partial charge in [-0.3, -0.25) is 4.79 Å². The molecule has 7 heteroatoms. The Bertz CT molecular complexity index is 1220. The monoisotopic (exact) mass is 430 g/mol. The summed E-state index contributed by atoms with van der Waals surface area (Å²) in [5.41, 5.74) is 2.52. The smallest absolute Gasteiger partial charge is 0.255 e. The van der Waals surface area contributed by atoms with Gasteiger partial charge in [-0.25, -0.2) is 15.0 Å². The number of nitrogens with zero attached hydrogens (tertiary/aromatic N) is 3. The number of benzene rings is 2. The van der Waals surface area contributed by atoms with E-state index in [2.05, 4.69) is 20.3 Å². The Morgan fingerprint density at radius 3 is 2.65 bits per heavy atom. The fourth-order valence-electron chi connectivity index (χ4n) is 2.94. The Morgan fingerprint density at radius 1 is 1.00 bits per heavy atom. The first-order valence-electron chi connectivity index (χ1n) is 9.75. The van der Waals surface area contributed by atoms with E-state index in [0.717, 1.165) is 5.82 Å². The molecule has 0 saturated heterocycles. The zero-order chi connectivity index (χ0) is 21.6. The molecular weight excluding hydrogens is 412 g/mol. The van der Waals surface area contributed by atoms with Gasteiger partial charge in [0.25, 0.3) is 5.91 Å². The summed E-state index contributed by atoms with van der Waals surface area (Å²) in [7, 11) is 0. The van der Waals surface area contributed by atoms with Crippen LogP contribution in [0.3, 0.4) is 0 Å². The maximum Gasteiger partial charge on any atom is 0.255 e. The third-order valence-corrected chi connectivity index (χ3v) is 4.81. The number of hydrogen-bond donors (Lipinski definition) is 1. The summed E-state index contributed by atoms with van der Waals surface area (Å²) in [6, 6.07) is 19.6. The van der Waals surface area contributed by atoms with Crippen molar-refractivity contribution >= 4 is 23.2 Å². The summed E-state index contributed by atoms with van der Waals surface area (Å²) in [5.74, 6) is 1.13. The molecule has 4 rings (SSSR count). The maximum atomic E-state index is 12.6. The lowest BCUT2D eigenvalue weighted by Gasteiger charge is -2.12. The fraction of sp³-hybridized carbons (Fsp3) is 0.0833. The largest absolute Gasteiger partial charge is 0.437 e. The maximum absolute atomic E-state index is 12.6. The van der Waals surface area contributed by atoms with Gasteiger partial charge in [0.05, 0.1) is 16.3 Å². The molecule has 0 aliphatic rings. The molecule has 31 heavy (non-hydrogen) atoms. The summed E-state index contributed by atoms with van der Waals surface area (Å²) < 4.78 is 6.03. The molecule has 1 N–H and O–H groups in total. The number of aryl methyl sites for hydroxylation is 1. The van der Waals surface area contributed by atoms with E-state index in [-0.39, 0.29) is 5.91 Å². The van der Waals surface area contributed by atoms with Gasteiger partial charge in [-0.2, -0.15) is 0 Å². The fourth-order valence-corrected chi connectivity index (χ4v) is 3.09. The van der Waals surface area contributed by atoms with Crippen LogP contribution in [-0.2, 0) is 6.42 Å². The van der Waals surface area contributed by atoms with E-state index in [1.807, 2.05) is 43.3 Å². The molecule has 2 aromatic heterocycles. The average molecular weight is 431 g/mol. The van der Waals surface area contributed by atoms with E-state index < -0.39 is 0 Å². The van der Waals surface area contributed by atoms with Crippen LogP contribution < -0.4 is 10.1 Å². The van der Waals surface area contributed by atoms with E-state index in [1.54, 1.807) is 42.7 Å². The second-order valence-electron chi connectivity index (χ2n) is 6.64. The minimum Gasteiger partial charge on any atom is -0.437 e. The standard InChI is InChI=1S/C24H19ClN4O2/c1-2-22-26-14-12-20(29-22)18-9-6-13-27-24(18)31-21-15-16(10-11-19(21)25)23(30)28-17-7-4-3-5-8-17/h3-15H,2H2,1H3,(H,28,30). The Kier molecular flexibility index (Phi) is 6.19. The van der Waals surface area contributed by atoms with Crippen molar-refractivity contribution in [1.82, 2.24) is 15.0 Å². The first-order chi connectivity index (χ1) is 15.1. The third kappa shape index (κ3) is 4.87. The Labute approximate surface area is 184 Å². The highest BCUT2D eigenvalue weighted by Gasteiger charge is 2.15. The Morgan fingerprint density at radius 2 is 1.84 bits per heavy atom. The van der Waals surface area contributed by atoms with Gasteiger partial charge in [0.2, 0.25) is 5.88 Å². The quantitative estimate of drug-likeness (QED) is 0.418. The molecule has 2 aromatic carbocycles.